The van der Waals surface area contributed by atoms with E-state index in [4.69, 9.17) is 0 Å². The van der Waals surface area contributed by atoms with Gasteiger partial charge in [-0.25, -0.2) is 4.98 Å². The number of pyridine rings is 1. The van der Waals surface area contributed by atoms with Gasteiger partial charge in [-0.3, -0.25) is 19.4 Å². The van der Waals surface area contributed by atoms with Crippen molar-refractivity contribution in [1.82, 2.24) is 25.0 Å². The fraction of sp³-hybridized carbons (Fsp3) is 0.486. The van der Waals surface area contributed by atoms with Crippen LogP contribution in [0.1, 0.15) is 48.9 Å². The van der Waals surface area contributed by atoms with Crippen molar-refractivity contribution in [1.29, 1.82) is 0 Å². The van der Waals surface area contributed by atoms with Crippen molar-refractivity contribution in [2.45, 2.75) is 49.7 Å². The second kappa shape index (κ2) is 16.0. The normalized spacial score (nSPS) is 17.8. The quantitative estimate of drug-likeness (QED) is 0.258. The minimum atomic E-state index is -4.45. The average Bonchev–Trinajstić information content (AvgIpc) is 3.58. The Morgan fingerprint density at radius 1 is 0.833 bits per heavy atom. The monoisotopic (exact) mass is 664 g/mol. The molecule has 0 spiro atoms. The van der Waals surface area contributed by atoms with Crippen LogP contribution >= 0.6 is 0 Å². The number of piperazine rings is 1. The fourth-order valence-corrected chi connectivity index (χ4v) is 7.09. The van der Waals surface area contributed by atoms with E-state index in [2.05, 4.69) is 20.1 Å². The smallest absolute Gasteiger partial charge is 0.355 e. The Bertz CT molecular complexity index is 1440. The Morgan fingerprint density at radius 2 is 1.48 bits per heavy atom. The first-order chi connectivity index (χ1) is 23.1. The summed E-state index contributed by atoms with van der Waals surface area (Å²) >= 11 is 0. The maximum absolute atomic E-state index is 14.0. The molecule has 0 unspecified atom stereocenters. The molecule has 1 atom stereocenters. The maximum Gasteiger partial charge on any atom is 0.433 e. The SMILES string of the molecule is CN(C)C(=O)C(CCN1CCC[C@H]1C(=O)NCCCCN1CCN(c2cccc(C(F)(F)F)n2)CC1)(c1ccccc1)c1ccccc1. The van der Waals surface area contributed by atoms with E-state index in [0.29, 0.717) is 38.4 Å². The predicted octanol–water partition coefficient (Wildman–Crippen LogP) is 5.05. The number of nitrogens with one attached hydrogen (secondary N) is 1. The molecule has 2 amide bonds. The zero-order chi connectivity index (χ0) is 34.1. The van der Waals surface area contributed by atoms with Gasteiger partial charge in [-0.2, -0.15) is 13.2 Å². The highest BCUT2D eigenvalue weighted by Crippen LogP contribution is 2.38. The summed E-state index contributed by atoms with van der Waals surface area (Å²) in [6.07, 6.45) is -0.408. The van der Waals surface area contributed by atoms with Crippen LogP contribution in [0, 0.1) is 0 Å². The molecule has 8 nitrogen and oxygen atoms in total. The van der Waals surface area contributed by atoms with Crippen molar-refractivity contribution >= 4 is 17.6 Å². The molecule has 1 N–H and O–H groups in total. The summed E-state index contributed by atoms with van der Waals surface area (Å²) in [7, 11) is 3.60. The molecule has 0 saturated carbocycles. The lowest BCUT2D eigenvalue weighted by atomic mass is 9.70. The second-order valence-corrected chi connectivity index (χ2v) is 13.0. The molecule has 2 fully saturated rings. The van der Waals surface area contributed by atoms with E-state index in [1.54, 1.807) is 25.1 Å². The summed E-state index contributed by atoms with van der Waals surface area (Å²) in [5.41, 5.74) is 0.162. The molecule has 48 heavy (non-hydrogen) atoms. The van der Waals surface area contributed by atoms with Crippen LogP contribution in [0.25, 0.3) is 0 Å². The van der Waals surface area contributed by atoms with Gasteiger partial charge in [-0.05, 0) is 68.5 Å². The van der Waals surface area contributed by atoms with E-state index in [1.807, 2.05) is 65.6 Å². The Labute approximate surface area is 281 Å². The van der Waals surface area contributed by atoms with Crippen molar-refractivity contribution in [3.8, 4) is 0 Å². The second-order valence-electron chi connectivity index (χ2n) is 13.0. The molecular weight excluding hydrogens is 617 g/mol. The molecule has 1 aromatic heterocycles. The number of carbonyl (C=O) groups is 2. The van der Waals surface area contributed by atoms with Gasteiger partial charge in [0.05, 0.1) is 6.04 Å². The molecule has 0 radical (unpaired) electrons. The number of nitrogens with zero attached hydrogens (tertiary/aromatic N) is 5. The molecule has 2 aromatic carbocycles. The molecule has 0 aliphatic carbocycles. The number of unbranched alkanes of at least 4 members (excludes halogenated alkanes) is 1. The van der Waals surface area contributed by atoms with Crippen LogP contribution in [0.2, 0.25) is 0 Å². The number of likely N-dealkylation sites (N-methyl/N-ethyl adjacent to an activating group) is 1. The number of likely N-dealkylation sites (tertiary alicyclic amines) is 1. The summed E-state index contributed by atoms with van der Waals surface area (Å²) < 4.78 is 39.2. The third-order valence-electron chi connectivity index (χ3n) is 9.67. The summed E-state index contributed by atoms with van der Waals surface area (Å²) in [6, 6.07) is 23.7. The first kappa shape index (κ1) is 35.3. The fourth-order valence-electron chi connectivity index (χ4n) is 7.09. The van der Waals surface area contributed by atoms with E-state index in [0.717, 1.165) is 69.1 Å². The Balaban J connectivity index is 1.10. The Morgan fingerprint density at radius 3 is 2.08 bits per heavy atom. The van der Waals surface area contributed by atoms with Crippen molar-refractivity contribution in [2.75, 3.05) is 71.4 Å². The third-order valence-corrected chi connectivity index (χ3v) is 9.67. The van der Waals surface area contributed by atoms with Crippen molar-refractivity contribution < 1.29 is 22.8 Å². The van der Waals surface area contributed by atoms with E-state index in [-0.39, 0.29) is 17.9 Å². The third kappa shape index (κ3) is 8.36. The van der Waals surface area contributed by atoms with Crippen LogP contribution < -0.4 is 10.2 Å². The number of alkyl halides is 3. The molecular formula is C37H47F3N6O2. The van der Waals surface area contributed by atoms with Crippen LogP contribution in [0.4, 0.5) is 19.0 Å². The van der Waals surface area contributed by atoms with Gasteiger partial charge in [0.15, 0.2) is 0 Å². The molecule has 11 heteroatoms. The zero-order valence-corrected chi connectivity index (χ0v) is 28.0. The lowest BCUT2D eigenvalue weighted by Crippen LogP contribution is -2.49. The van der Waals surface area contributed by atoms with Crippen LogP contribution in [-0.4, -0.2) is 104 Å². The topological polar surface area (TPSA) is 72.0 Å². The molecule has 2 aliphatic heterocycles. The summed E-state index contributed by atoms with van der Waals surface area (Å²) in [6.45, 7) is 5.65. The van der Waals surface area contributed by atoms with Gasteiger partial charge >= 0.3 is 6.18 Å². The van der Waals surface area contributed by atoms with Crippen molar-refractivity contribution in [2.24, 2.45) is 0 Å². The van der Waals surface area contributed by atoms with Gasteiger partial charge in [-0.15, -0.1) is 0 Å². The first-order valence-corrected chi connectivity index (χ1v) is 17.0. The zero-order valence-electron chi connectivity index (χ0n) is 28.0. The van der Waals surface area contributed by atoms with Crippen LogP contribution in [0.5, 0.6) is 0 Å². The first-order valence-electron chi connectivity index (χ1n) is 17.0. The number of benzene rings is 2. The lowest BCUT2D eigenvalue weighted by Gasteiger charge is -2.38. The van der Waals surface area contributed by atoms with Gasteiger partial charge in [0, 0.05) is 53.4 Å². The predicted molar refractivity (Wildman–Crippen MR) is 182 cm³/mol. The van der Waals surface area contributed by atoms with E-state index in [9.17, 15) is 22.8 Å². The number of hydrogen-bond donors (Lipinski definition) is 1. The largest absolute Gasteiger partial charge is 0.433 e. The molecule has 3 aromatic rings. The van der Waals surface area contributed by atoms with E-state index in [1.165, 1.54) is 6.07 Å². The standard InChI is InChI=1S/C37H47F3N6O2/c1-43(2)35(48)36(29-13-5-3-6-14-29,30-15-7-4-8-16-30)20-24-45-23-12-17-31(45)34(47)41-21-9-10-22-44-25-27-46(28-26-44)33-19-11-18-32(42-33)37(38,39)40/h3-8,11,13-16,18-19,31H,9-10,12,17,20-28H2,1-2H3,(H,41,47)/t31-/m0/s1. The highest BCUT2D eigenvalue weighted by molar-refractivity contribution is 5.92. The molecule has 2 aliphatic rings. The van der Waals surface area contributed by atoms with E-state index >= 15 is 0 Å². The van der Waals surface area contributed by atoms with Gasteiger partial charge in [-0.1, -0.05) is 66.7 Å². The highest BCUT2D eigenvalue weighted by atomic mass is 19.4. The number of amides is 2. The van der Waals surface area contributed by atoms with Crippen LogP contribution in [0.15, 0.2) is 78.9 Å². The summed E-state index contributed by atoms with van der Waals surface area (Å²) in [5, 5.41) is 3.16. The number of hydrogen-bond acceptors (Lipinski definition) is 6. The number of carbonyl (C=O) groups excluding carboxylic acids is 2. The van der Waals surface area contributed by atoms with Crippen LogP contribution in [0.3, 0.4) is 0 Å². The van der Waals surface area contributed by atoms with Gasteiger partial charge < -0.3 is 15.1 Å². The molecule has 2 saturated heterocycles. The van der Waals surface area contributed by atoms with Crippen LogP contribution in [-0.2, 0) is 21.2 Å². The minimum absolute atomic E-state index is 0.0221. The molecule has 5 rings (SSSR count). The number of rotatable bonds is 13. The number of anilines is 1. The molecule has 3 heterocycles. The Hall–Kier alpha value is -3.96. The number of halogens is 3. The minimum Gasteiger partial charge on any atom is -0.355 e. The van der Waals surface area contributed by atoms with Gasteiger partial charge in [0.1, 0.15) is 16.9 Å². The maximum atomic E-state index is 14.0. The van der Waals surface area contributed by atoms with Gasteiger partial charge in [0.25, 0.3) is 0 Å². The summed E-state index contributed by atoms with van der Waals surface area (Å²) in [5.74, 6) is 0.427. The van der Waals surface area contributed by atoms with Gasteiger partial charge in [0.2, 0.25) is 11.8 Å². The highest BCUT2D eigenvalue weighted by Gasteiger charge is 2.44. The average molecular weight is 665 g/mol. The lowest BCUT2D eigenvalue weighted by molar-refractivity contribution is -0.141. The Kier molecular flexibility index (Phi) is 11.8. The summed E-state index contributed by atoms with van der Waals surface area (Å²) in [4.78, 5) is 39.3. The van der Waals surface area contributed by atoms with Crippen molar-refractivity contribution in [3.63, 3.8) is 0 Å². The molecule has 0 bridgehead atoms. The van der Waals surface area contributed by atoms with Crippen molar-refractivity contribution in [3.05, 3.63) is 95.7 Å². The number of aromatic nitrogens is 1. The molecule has 258 valence electrons. The van der Waals surface area contributed by atoms with E-state index < -0.39 is 17.3 Å².